The first-order chi connectivity index (χ1) is 11.2. The summed E-state index contributed by atoms with van der Waals surface area (Å²) in [4.78, 5) is 20.0. The Morgan fingerprint density at radius 3 is 2.57 bits per heavy atom. The fourth-order valence-corrected chi connectivity index (χ4v) is 4.22. The maximum atomic E-state index is 13.2. The minimum Gasteiger partial charge on any atom is -0.344 e. The summed E-state index contributed by atoms with van der Waals surface area (Å²) in [7, 11) is 0. The molecule has 0 unspecified atom stereocenters. The number of nitrogens with zero attached hydrogens (tertiary/aromatic N) is 4. The van der Waals surface area contributed by atoms with E-state index in [4.69, 9.17) is 0 Å². The van der Waals surface area contributed by atoms with Gasteiger partial charge in [-0.1, -0.05) is 19.8 Å². The van der Waals surface area contributed by atoms with Gasteiger partial charge in [0.15, 0.2) is 0 Å². The maximum absolute atomic E-state index is 13.2. The smallest absolute Gasteiger partial charge is 0.241 e. The van der Waals surface area contributed by atoms with E-state index >= 15 is 0 Å². The van der Waals surface area contributed by atoms with Crippen LogP contribution in [0.4, 0.5) is 0 Å². The van der Waals surface area contributed by atoms with Gasteiger partial charge in [0.25, 0.3) is 0 Å². The minimum absolute atomic E-state index is 0.0509. The molecule has 1 aliphatic heterocycles. The van der Waals surface area contributed by atoms with Crippen LogP contribution in [0.15, 0.2) is 6.33 Å². The Morgan fingerprint density at radius 2 is 1.96 bits per heavy atom. The lowest BCUT2D eigenvalue weighted by atomic mass is 9.93. The molecule has 6 heteroatoms. The number of carbonyl (C=O) groups excluding carboxylic acids is 1. The predicted octanol–water partition coefficient (Wildman–Crippen LogP) is 2.27. The normalized spacial score (nSPS) is 22.3. The summed E-state index contributed by atoms with van der Waals surface area (Å²) < 4.78 is 1.88. The second-order valence-electron chi connectivity index (χ2n) is 6.80. The van der Waals surface area contributed by atoms with E-state index in [1.807, 2.05) is 4.68 Å². The molecule has 1 saturated carbocycles. The van der Waals surface area contributed by atoms with E-state index in [9.17, 15) is 4.79 Å². The summed E-state index contributed by atoms with van der Waals surface area (Å²) in [5.41, 5.74) is -0.277. The second kappa shape index (κ2) is 6.99. The average Bonchev–Trinajstić information content (AvgIpc) is 3.33. The van der Waals surface area contributed by atoms with Gasteiger partial charge in [-0.15, -0.1) is 0 Å². The molecule has 128 valence electrons. The molecule has 0 bridgehead atoms. The van der Waals surface area contributed by atoms with Crippen LogP contribution in [0.2, 0.25) is 0 Å². The van der Waals surface area contributed by atoms with Crippen LogP contribution in [-0.2, 0) is 11.3 Å². The summed E-state index contributed by atoms with van der Waals surface area (Å²) in [6.45, 7) is 7.05. The van der Waals surface area contributed by atoms with Crippen molar-refractivity contribution in [1.82, 2.24) is 25.0 Å². The monoisotopic (exact) mass is 319 g/mol. The molecular formula is C17H29N5O. The Bertz CT molecular complexity index is 529. The zero-order valence-corrected chi connectivity index (χ0v) is 14.4. The number of likely N-dealkylation sites (tertiary alicyclic amines) is 1. The van der Waals surface area contributed by atoms with Gasteiger partial charge in [-0.05, 0) is 52.1 Å². The molecule has 1 aromatic rings. The number of carbonyl (C=O) groups is 1. The minimum atomic E-state index is -0.277. The first kappa shape index (κ1) is 16.4. The largest absolute Gasteiger partial charge is 0.344 e. The van der Waals surface area contributed by atoms with Crippen molar-refractivity contribution >= 4 is 5.91 Å². The highest BCUT2D eigenvalue weighted by molar-refractivity contribution is 5.87. The van der Waals surface area contributed by atoms with Crippen molar-refractivity contribution in [3.8, 4) is 0 Å². The molecule has 2 aliphatic rings. The van der Waals surface area contributed by atoms with Gasteiger partial charge in [0.2, 0.25) is 5.91 Å². The van der Waals surface area contributed by atoms with Crippen LogP contribution < -0.4 is 5.32 Å². The lowest BCUT2D eigenvalue weighted by Crippen LogP contribution is -2.57. The number of nitrogens with one attached hydrogen (secondary N) is 1. The lowest BCUT2D eigenvalue weighted by molar-refractivity contribution is -0.133. The molecule has 2 fully saturated rings. The first-order valence-corrected chi connectivity index (χ1v) is 9.15. The number of hydrogen-bond acceptors (Lipinski definition) is 4. The zero-order chi connectivity index (χ0) is 16.3. The average molecular weight is 319 g/mol. The van der Waals surface area contributed by atoms with Crippen molar-refractivity contribution in [3.05, 3.63) is 12.2 Å². The molecule has 6 nitrogen and oxygen atoms in total. The van der Waals surface area contributed by atoms with Crippen LogP contribution in [0.25, 0.3) is 0 Å². The molecule has 3 rings (SSSR count). The van der Waals surface area contributed by atoms with E-state index in [1.54, 1.807) is 6.33 Å². The molecule has 1 saturated heterocycles. The Labute approximate surface area is 138 Å². The summed E-state index contributed by atoms with van der Waals surface area (Å²) in [5.74, 6) is 1.08. The molecule has 1 N–H and O–H groups in total. The van der Waals surface area contributed by atoms with Crippen LogP contribution in [0.3, 0.4) is 0 Å². The van der Waals surface area contributed by atoms with E-state index in [0.29, 0.717) is 0 Å². The molecule has 1 amide bonds. The van der Waals surface area contributed by atoms with E-state index in [0.717, 1.165) is 57.6 Å². The van der Waals surface area contributed by atoms with Crippen molar-refractivity contribution < 1.29 is 4.79 Å². The summed E-state index contributed by atoms with van der Waals surface area (Å²) >= 11 is 0. The second-order valence-corrected chi connectivity index (χ2v) is 6.80. The quantitative estimate of drug-likeness (QED) is 0.874. The van der Waals surface area contributed by atoms with Crippen LogP contribution >= 0.6 is 0 Å². The van der Waals surface area contributed by atoms with Crippen LogP contribution in [0.5, 0.6) is 0 Å². The maximum Gasteiger partial charge on any atom is 0.241 e. The summed E-state index contributed by atoms with van der Waals surface area (Å²) in [6, 6.07) is -0.0509. The Hall–Kier alpha value is -1.43. The SMILES string of the molecule is CC[C@@H](NC(=O)C1(N2CCCC2)CCCC1)c1ncnn1CC. The van der Waals surface area contributed by atoms with Gasteiger partial charge < -0.3 is 5.32 Å². The number of aryl methyl sites for hydroxylation is 1. The number of aromatic nitrogens is 3. The van der Waals surface area contributed by atoms with Crippen molar-refractivity contribution in [1.29, 1.82) is 0 Å². The topological polar surface area (TPSA) is 63.1 Å². The van der Waals surface area contributed by atoms with Gasteiger partial charge in [-0.2, -0.15) is 5.10 Å². The molecule has 0 spiro atoms. The van der Waals surface area contributed by atoms with Crippen LogP contribution in [-0.4, -0.2) is 44.2 Å². The first-order valence-electron chi connectivity index (χ1n) is 9.15. The van der Waals surface area contributed by atoms with Crippen molar-refractivity contribution in [3.63, 3.8) is 0 Å². The Morgan fingerprint density at radius 1 is 1.26 bits per heavy atom. The number of rotatable bonds is 6. The third-order valence-corrected chi connectivity index (χ3v) is 5.54. The van der Waals surface area contributed by atoms with E-state index in [-0.39, 0.29) is 17.5 Å². The van der Waals surface area contributed by atoms with E-state index in [1.165, 1.54) is 12.8 Å². The van der Waals surface area contributed by atoms with Crippen LogP contribution in [0, 0.1) is 0 Å². The molecule has 2 heterocycles. The highest BCUT2D eigenvalue weighted by atomic mass is 16.2. The van der Waals surface area contributed by atoms with Crippen molar-refractivity contribution in [2.45, 2.75) is 76.9 Å². The van der Waals surface area contributed by atoms with Gasteiger partial charge in [-0.25, -0.2) is 9.67 Å². The lowest BCUT2D eigenvalue weighted by Gasteiger charge is -2.38. The fraction of sp³-hybridized carbons (Fsp3) is 0.824. The fourth-order valence-electron chi connectivity index (χ4n) is 4.22. The standard InChI is InChI=1S/C17H29N5O/c1-3-14(15-18-13-19-22(15)4-2)20-16(23)17(9-5-6-10-17)21-11-7-8-12-21/h13-14H,3-12H2,1-2H3,(H,20,23)/t14-/m1/s1. The summed E-state index contributed by atoms with van der Waals surface area (Å²) in [6.07, 6.45) is 9.16. The van der Waals surface area contributed by atoms with Crippen molar-refractivity contribution in [2.24, 2.45) is 0 Å². The molecular weight excluding hydrogens is 290 g/mol. The number of hydrogen-bond donors (Lipinski definition) is 1. The van der Waals surface area contributed by atoms with Gasteiger partial charge >= 0.3 is 0 Å². The van der Waals surface area contributed by atoms with Gasteiger partial charge in [-0.3, -0.25) is 9.69 Å². The summed E-state index contributed by atoms with van der Waals surface area (Å²) in [5, 5.41) is 7.55. The molecule has 1 atom stereocenters. The molecule has 23 heavy (non-hydrogen) atoms. The van der Waals surface area contributed by atoms with Crippen molar-refractivity contribution in [2.75, 3.05) is 13.1 Å². The van der Waals surface area contributed by atoms with Gasteiger partial charge in [0, 0.05) is 6.54 Å². The van der Waals surface area contributed by atoms with E-state index in [2.05, 4.69) is 34.1 Å². The third kappa shape index (κ3) is 3.01. The zero-order valence-electron chi connectivity index (χ0n) is 14.4. The molecule has 0 aromatic carbocycles. The van der Waals surface area contributed by atoms with E-state index < -0.39 is 0 Å². The highest BCUT2D eigenvalue weighted by Crippen LogP contribution is 2.38. The van der Waals surface area contributed by atoms with Gasteiger partial charge in [0.05, 0.1) is 6.04 Å². The Balaban J connectivity index is 1.77. The van der Waals surface area contributed by atoms with Crippen LogP contribution in [0.1, 0.15) is 70.7 Å². The Kier molecular flexibility index (Phi) is 4.99. The highest BCUT2D eigenvalue weighted by Gasteiger charge is 2.47. The van der Waals surface area contributed by atoms with Gasteiger partial charge in [0.1, 0.15) is 17.7 Å². The predicted molar refractivity (Wildman–Crippen MR) is 88.9 cm³/mol. The third-order valence-electron chi connectivity index (χ3n) is 5.54. The molecule has 0 radical (unpaired) electrons. The molecule has 1 aromatic heterocycles. The number of amides is 1. The molecule has 1 aliphatic carbocycles.